The third-order valence-corrected chi connectivity index (χ3v) is 6.15. The molecule has 0 bridgehead atoms. The Balaban J connectivity index is 1.45. The molecule has 2 saturated heterocycles. The quantitative estimate of drug-likeness (QED) is 0.698. The Hall–Kier alpha value is -2.70. The average Bonchev–Trinajstić information content (AvgIpc) is 3.08. The molecule has 0 saturated carbocycles. The molecule has 7 nitrogen and oxygen atoms in total. The van der Waals surface area contributed by atoms with E-state index < -0.39 is 0 Å². The second kappa shape index (κ2) is 9.41. The highest BCUT2D eigenvalue weighted by molar-refractivity contribution is 5.98. The number of rotatable bonds is 5. The van der Waals surface area contributed by atoms with E-state index in [-0.39, 0.29) is 11.7 Å². The molecule has 2 fully saturated rings. The molecule has 2 aromatic rings. The first-order valence-corrected chi connectivity index (χ1v) is 11.0. The van der Waals surface area contributed by atoms with Gasteiger partial charge in [0.2, 0.25) is 11.9 Å². The van der Waals surface area contributed by atoms with Crippen LogP contribution in [0.15, 0.2) is 24.3 Å². The SMILES string of the molecule is COc1nc(N2CCCCCC2)nc(N2CCC(C(=O)c3ccc(C)cc3)CC2)n1. The van der Waals surface area contributed by atoms with Crippen LogP contribution in [0.5, 0.6) is 6.01 Å². The maximum atomic E-state index is 12.9. The van der Waals surface area contributed by atoms with Crippen LogP contribution in [-0.2, 0) is 0 Å². The van der Waals surface area contributed by atoms with Crippen LogP contribution in [0.4, 0.5) is 11.9 Å². The van der Waals surface area contributed by atoms with Crippen molar-refractivity contribution in [2.45, 2.75) is 45.4 Å². The summed E-state index contributed by atoms with van der Waals surface area (Å²) in [5.41, 5.74) is 1.98. The van der Waals surface area contributed by atoms with Crippen molar-refractivity contribution in [3.8, 4) is 6.01 Å². The first-order chi connectivity index (χ1) is 14.6. The fourth-order valence-electron chi connectivity index (χ4n) is 4.28. The van der Waals surface area contributed by atoms with Gasteiger partial charge < -0.3 is 14.5 Å². The number of piperidine rings is 1. The number of aromatic nitrogens is 3. The zero-order valence-electron chi connectivity index (χ0n) is 18.0. The molecular weight excluding hydrogens is 378 g/mol. The van der Waals surface area contributed by atoms with Gasteiger partial charge in [0, 0.05) is 37.7 Å². The minimum atomic E-state index is 0.0535. The Labute approximate surface area is 178 Å². The summed E-state index contributed by atoms with van der Waals surface area (Å²) in [6.45, 7) is 5.50. The van der Waals surface area contributed by atoms with Gasteiger partial charge in [0.05, 0.1) is 7.11 Å². The third-order valence-electron chi connectivity index (χ3n) is 6.15. The molecule has 3 heterocycles. The van der Waals surface area contributed by atoms with E-state index in [9.17, 15) is 4.79 Å². The molecule has 0 aliphatic carbocycles. The van der Waals surface area contributed by atoms with E-state index in [1.807, 2.05) is 31.2 Å². The van der Waals surface area contributed by atoms with E-state index in [0.717, 1.165) is 57.4 Å². The molecule has 0 radical (unpaired) electrons. The van der Waals surface area contributed by atoms with Crippen molar-refractivity contribution < 1.29 is 9.53 Å². The van der Waals surface area contributed by atoms with Crippen molar-refractivity contribution in [2.24, 2.45) is 5.92 Å². The topological polar surface area (TPSA) is 71.5 Å². The van der Waals surface area contributed by atoms with Crippen molar-refractivity contribution in [3.63, 3.8) is 0 Å². The summed E-state index contributed by atoms with van der Waals surface area (Å²) in [5, 5.41) is 0. The van der Waals surface area contributed by atoms with Crippen molar-refractivity contribution in [1.82, 2.24) is 15.0 Å². The zero-order valence-corrected chi connectivity index (χ0v) is 18.0. The van der Waals surface area contributed by atoms with E-state index in [4.69, 9.17) is 9.72 Å². The highest BCUT2D eigenvalue weighted by atomic mass is 16.5. The lowest BCUT2D eigenvalue weighted by Gasteiger charge is -2.32. The van der Waals surface area contributed by atoms with Gasteiger partial charge in [-0.15, -0.1) is 0 Å². The maximum absolute atomic E-state index is 12.9. The lowest BCUT2D eigenvalue weighted by atomic mass is 9.89. The van der Waals surface area contributed by atoms with Crippen LogP contribution in [0.3, 0.4) is 0 Å². The molecule has 160 valence electrons. The number of Topliss-reactive ketones (excluding diaryl/α,β-unsaturated/α-hetero) is 1. The van der Waals surface area contributed by atoms with Gasteiger partial charge in [-0.3, -0.25) is 4.79 Å². The van der Waals surface area contributed by atoms with Crippen molar-refractivity contribution in [1.29, 1.82) is 0 Å². The van der Waals surface area contributed by atoms with Gasteiger partial charge >= 0.3 is 6.01 Å². The molecule has 0 spiro atoms. The highest BCUT2D eigenvalue weighted by Gasteiger charge is 2.28. The summed E-state index contributed by atoms with van der Waals surface area (Å²) in [5.74, 6) is 1.66. The van der Waals surface area contributed by atoms with Crippen LogP contribution < -0.4 is 14.5 Å². The number of anilines is 2. The highest BCUT2D eigenvalue weighted by Crippen LogP contribution is 2.26. The number of benzene rings is 1. The average molecular weight is 410 g/mol. The van der Waals surface area contributed by atoms with Gasteiger partial charge in [-0.05, 0) is 32.6 Å². The second-order valence-corrected chi connectivity index (χ2v) is 8.31. The van der Waals surface area contributed by atoms with Crippen LogP contribution in [0.25, 0.3) is 0 Å². The van der Waals surface area contributed by atoms with Crippen LogP contribution in [0, 0.1) is 12.8 Å². The third kappa shape index (κ3) is 4.71. The van der Waals surface area contributed by atoms with E-state index >= 15 is 0 Å². The Morgan fingerprint density at radius 2 is 1.43 bits per heavy atom. The van der Waals surface area contributed by atoms with Gasteiger partial charge in [0.15, 0.2) is 5.78 Å². The number of hydrogen-bond acceptors (Lipinski definition) is 7. The smallest absolute Gasteiger partial charge is 0.322 e. The number of carbonyl (C=O) groups excluding carboxylic acids is 1. The molecule has 1 aromatic heterocycles. The predicted molar refractivity (Wildman–Crippen MR) is 118 cm³/mol. The summed E-state index contributed by atoms with van der Waals surface area (Å²) in [4.78, 5) is 31.0. The van der Waals surface area contributed by atoms with Crippen molar-refractivity contribution in [2.75, 3.05) is 43.1 Å². The second-order valence-electron chi connectivity index (χ2n) is 8.31. The molecule has 4 rings (SSSR count). The summed E-state index contributed by atoms with van der Waals surface area (Å²) in [7, 11) is 1.60. The molecule has 0 unspecified atom stereocenters. The van der Waals surface area contributed by atoms with E-state index in [2.05, 4.69) is 19.8 Å². The lowest BCUT2D eigenvalue weighted by molar-refractivity contribution is 0.0900. The largest absolute Gasteiger partial charge is 0.467 e. The molecule has 7 heteroatoms. The fraction of sp³-hybridized carbons (Fsp3) is 0.565. The van der Waals surface area contributed by atoms with E-state index in [1.165, 1.54) is 18.4 Å². The van der Waals surface area contributed by atoms with E-state index in [1.54, 1.807) is 7.11 Å². The standard InChI is InChI=1S/C23H31N5O2/c1-17-7-9-18(10-8-17)20(29)19-11-15-28(16-12-19)22-24-21(25-23(26-22)30-2)27-13-5-3-4-6-14-27/h7-10,19H,3-6,11-16H2,1-2H3. The predicted octanol–water partition coefficient (Wildman–Crippen LogP) is 3.67. The van der Waals surface area contributed by atoms with Gasteiger partial charge in [0.1, 0.15) is 0 Å². The summed E-state index contributed by atoms with van der Waals surface area (Å²) in [6.07, 6.45) is 6.45. The van der Waals surface area contributed by atoms with Crippen LogP contribution in [-0.4, -0.2) is 54.0 Å². The van der Waals surface area contributed by atoms with Gasteiger partial charge in [0.25, 0.3) is 0 Å². The van der Waals surface area contributed by atoms with Crippen molar-refractivity contribution >= 4 is 17.7 Å². The lowest BCUT2D eigenvalue weighted by Crippen LogP contribution is -2.38. The summed E-state index contributed by atoms with van der Waals surface area (Å²) < 4.78 is 5.37. The van der Waals surface area contributed by atoms with Crippen LogP contribution in [0.1, 0.15) is 54.4 Å². The molecule has 2 aliphatic rings. The molecule has 30 heavy (non-hydrogen) atoms. The number of ether oxygens (including phenoxy) is 1. The molecule has 1 aromatic carbocycles. The molecule has 2 aliphatic heterocycles. The molecule has 0 amide bonds. The van der Waals surface area contributed by atoms with Crippen molar-refractivity contribution in [3.05, 3.63) is 35.4 Å². The number of methoxy groups -OCH3 is 1. The normalized spacial score (nSPS) is 18.2. The Bertz CT molecular complexity index is 854. The fourth-order valence-corrected chi connectivity index (χ4v) is 4.28. The first-order valence-electron chi connectivity index (χ1n) is 11.0. The monoisotopic (exact) mass is 409 g/mol. The minimum absolute atomic E-state index is 0.0535. The molecule has 0 atom stereocenters. The maximum Gasteiger partial charge on any atom is 0.322 e. The van der Waals surface area contributed by atoms with Crippen LogP contribution in [0.2, 0.25) is 0 Å². The van der Waals surface area contributed by atoms with Gasteiger partial charge in [-0.2, -0.15) is 15.0 Å². The minimum Gasteiger partial charge on any atom is -0.467 e. The Morgan fingerprint density at radius 1 is 0.867 bits per heavy atom. The summed E-state index contributed by atoms with van der Waals surface area (Å²) in [6, 6.07) is 8.24. The Morgan fingerprint density at radius 3 is 2.00 bits per heavy atom. The molecular formula is C23H31N5O2. The number of carbonyl (C=O) groups is 1. The number of ketones is 1. The number of aryl methyl sites for hydroxylation is 1. The first kappa shape index (κ1) is 20.6. The van der Waals surface area contributed by atoms with E-state index in [0.29, 0.717) is 17.9 Å². The number of nitrogens with zero attached hydrogens (tertiary/aromatic N) is 5. The number of hydrogen-bond donors (Lipinski definition) is 0. The zero-order chi connectivity index (χ0) is 20.9. The van der Waals surface area contributed by atoms with Crippen LogP contribution >= 0.6 is 0 Å². The summed E-state index contributed by atoms with van der Waals surface area (Å²) >= 11 is 0. The van der Waals surface area contributed by atoms with Gasteiger partial charge in [-0.1, -0.05) is 42.7 Å². The van der Waals surface area contributed by atoms with Gasteiger partial charge in [-0.25, -0.2) is 0 Å². The molecule has 0 N–H and O–H groups in total. The Kier molecular flexibility index (Phi) is 6.45.